The number of nitrogens with zero attached hydrogens (tertiary/aromatic N) is 1. The van der Waals surface area contributed by atoms with E-state index in [2.05, 4.69) is 6.07 Å². The number of hydrogen-bond donors (Lipinski definition) is 0. The van der Waals surface area contributed by atoms with Gasteiger partial charge in [-0.1, -0.05) is 48.5 Å². The van der Waals surface area contributed by atoms with Crippen LogP contribution >= 0.6 is 0 Å². The number of sulfone groups is 1. The van der Waals surface area contributed by atoms with Crippen molar-refractivity contribution in [2.45, 2.75) is 23.0 Å². The Bertz CT molecular complexity index is 843. The van der Waals surface area contributed by atoms with Gasteiger partial charge in [0.25, 0.3) is 0 Å². The van der Waals surface area contributed by atoms with Crippen molar-refractivity contribution in [1.29, 1.82) is 5.26 Å². The first-order chi connectivity index (χ1) is 11.6. The summed E-state index contributed by atoms with van der Waals surface area (Å²) in [5, 5.41) is 9.02. The van der Waals surface area contributed by atoms with Crippen molar-refractivity contribution in [2.24, 2.45) is 5.41 Å². The summed E-state index contributed by atoms with van der Waals surface area (Å²) in [5.41, 5.74) is -0.172. The normalized spacial score (nSPS) is 25.8. The summed E-state index contributed by atoms with van der Waals surface area (Å²) < 4.78 is 31.7. The van der Waals surface area contributed by atoms with Gasteiger partial charge < -0.3 is 4.74 Å². The van der Waals surface area contributed by atoms with E-state index in [1.165, 1.54) is 0 Å². The lowest BCUT2D eigenvalue weighted by Crippen LogP contribution is -2.19. The standard InChI is InChI=1S/C19H19NO3S/c1-2-23-14-19(13-20)17(15-9-5-3-6-10-15)18(19)24(21,22)16-11-7-4-8-12-16/h3-12,17-18H,2,14H2,1H3. The predicted octanol–water partition coefficient (Wildman–Crippen LogP) is 3.17. The van der Waals surface area contributed by atoms with E-state index in [4.69, 9.17) is 4.74 Å². The predicted molar refractivity (Wildman–Crippen MR) is 91.1 cm³/mol. The molecule has 4 nitrogen and oxygen atoms in total. The van der Waals surface area contributed by atoms with Crippen molar-refractivity contribution >= 4 is 9.84 Å². The van der Waals surface area contributed by atoms with Crippen LogP contribution in [-0.2, 0) is 14.6 Å². The summed E-state index contributed by atoms with van der Waals surface area (Å²) in [6.07, 6.45) is 0. The quantitative estimate of drug-likeness (QED) is 0.809. The molecule has 1 aliphatic carbocycles. The van der Waals surface area contributed by atoms with Crippen LogP contribution in [0.2, 0.25) is 0 Å². The van der Waals surface area contributed by atoms with Crippen LogP contribution in [0.15, 0.2) is 65.6 Å². The van der Waals surface area contributed by atoms with Crippen molar-refractivity contribution < 1.29 is 13.2 Å². The van der Waals surface area contributed by atoms with Gasteiger partial charge in [-0.2, -0.15) is 5.26 Å². The minimum Gasteiger partial charge on any atom is -0.380 e. The molecule has 0 saturated heterocycles. The van der Waals surface area contributed by atoms with Crippen LogP contribution in [0, 0.1) is 16.7 Å². The Labute approximate surface area is 142 Å². The van der Waals surface area contributed by atoms with E-state index in [9.17, 15) is 13.7 Å². The number of hydrogen-bond acceptors (Lipinski definition) is 4. The molecule has 0 bridgehead atoms. The number of nitriles is 1. The van der Waals surface area contributed by atoms with Gasteiger partial charge in [0.2, 0.25) is 0 Å². The molecule has 0 amide bonds. The lowest BCUT2D eigenvalue weighted by atomic mass is 10.0. The molecule has 0 N–H and O–H groups in total. The van der Waals surface area contributed by atoms with Gasteiger partial charge in [0.1, 0.15) is 5.41 Å². The van der Waals surface area contributed by atoms with Gasteiger partial charge in [-0.15, -0.1) is 0 Å². The highest BCUT2D eigenvalue weighted by atomic mass is 32.2. The van der Waals surface area contributed by atoms with Crippen LogP contribution in [0.1, 0.15) is 18.4 Å². The summed E-state index contributed by atoms with van der Waals surface area (Å²) >= 11 is 0. The molecule has 3 unspecified atom stereocenters. The second-order valence-corrected chi connectivity index (χ2v) is 8.03. The summed E-state index contributed by atoms with van der Waals surface area (Å²) in [6, 6.07) is 20.0. The molecule has 2 aromatic carbocycles. The van der Waals surface area contributed by atoms with Crippen LogP contribution in [0.25, 0.3) is 0 Å². The second-order valence-electron chi connectivity index (χ2n) is 5.96. The van der Waals surface area contributed by atoms with E-state index in [0.717, 1.165) is 5.56 Å². The number of benzene rings is 2. The number of ether oxygens (including phenoxy) is 1. The third kappa shape index (κ3) is 2.62. The third-order valence-corrected chi connectivity index (χ3v) is 6.86. The van der Waals surface area contributed by atoms with E-state index in [-0.39, 0.29) is 17.4 Å². The van der Waals surface area contributed by atoms with Crippen molar-refractivity contribution in [3.8, 4) is 6.07 Å². The molecule has 0 spiro atoms. The average Bonchev–Trinajstić information content (AvgIpc) is 3.32. The average molecular weight is 341 g/mol. The maximum Gasteiger partial charge on any atom is 0.183 e. The molecule has 0 heterocycles. The Balaban J connectivity index is 2.06. The molecule has 2 aromatic rings. The van der Waals surface area contributed by atoms with Crippen LogP contribution in [-0.4, -0.2) is 26.9 Å². The van der Waals surface area contributed by atoms with Crippen LogP contribution < -0.4 is 0 Å². The Kier molecular flexibility index (Phi) is 4.44. The van der Waals surface area contributed by atoms with Gasteiger partial charge in [-0.05, 0) is 24.6 Å². The minimum atomic E-state index is -3.62. The lowest BCUT2D eigenvalue weighted by Gasteiger charge is -2.09. The first-order valence-corrected chi connectivity index (χ1v) is 9.45. The molecule has 3 rings (SSSR count). The Morgan fingerprint density at radius 3 is 2.21 bits per heavy atom. The molecule has 1 fully saturated rings. The molecule has 0 aromatic heterocycles. The first kappa shape index (κ1) is 16.7. The van der Waals surface area contributed by atoms with Crippen molar-refractivity contribution in [3.05, 3.63) is 66.2 Å². The highest BCUT2D eigenvalue weighted by molar-refractivity contribution is 7.92. The zero-order chi connectivity index (χ0) is 17.2. The van der Waals surface area contributed by atoms with Crippen LogP contribution in [0.5, 0.6) is 0 Å². The molecule has 1 aliphatic rings. The van der Waals surface area contributed by atoms with Gasteiger partial charge in [-0.3, -0.25) is 0 Å². The van der Waals surface area contributed by atoms with Crippen LogP contribution in [0.3, 0.4) is 0 Å². The molecule has 3 atom stereocenters. The lowest BCUT2D eigenvalue weighted by molar-refractivity contribution is 0.117. The smallest absolute Gasteiger partial charge is 0.183 e. The van der Waals surface area contributed by atoms with Crippen molar-refractivity contribution in [3.63, 3.8) is 0 Å². The highest BCUT2D eigenvalue weighted by Gasteiger charge is 2.72. The zero-order valence-corrected chi connectivity index (χ0v) is 14.2. The second kappa shape index (κ2) is 6.39. The van der Waals surface area contributed by atoms with Gasteiger partial charge in [-0.25, -0.2) is 8.42 Å². The van der Waals surface area contributed by atoms with E-state index in [1.807, 2.05) is 37.3 Å². The largest absolute Gasteiger partial charge is 0.380 e. The van der Waals surface area contributed by atoms with Gasteiger partial charge in [0.05, 0.1) is 22.8 Å². The van der Waals surface area contributed by atoms with Crippen molar-refractivity contribution in [1.82, 2.24) is 0 Å². The SMILES string of the molecule is CCOCC1(C#N)C(c2ccccc2)C1S(=O)(=O)c1ccccc1. The maximum absolute atomic E-state index is 13.1. The fourth-order valence-corrected chi connectivity index (χ4v) is 5.69. The molecule has 124 valence electrons. The fourth-order valence-electron chi connectivity index (χ4n) is 3.36. The monoisotopic (exact) mass is 341 g/mol. The van der Waals surface area contributed by atoms with Crippen LogP contribution in [0.4, 0.5) is 0 Å². The summed E-state index contributed by atoms with van der Waals surface area (Å²) in [7, 11) is -3.62. The molecule has 5 heteroatoms. The fraction of sp³-hybridized carbons (Fsp3) is 0.316. The molecule has 0 aliphatic heterocycles. The molecule has 24 heavy (non-hydrogen) atoms. The van der Waals surface area contributed by atoms with E-state index in [0.29, 0.717) is 6.61 Å². The summed E-state index contributed by atoms with van der Waals surface area (Å²) in [6.45, 7) is 2.41. The Morgan fingerprint density at radius 1 is 1.08 bits per heavy atom. The Hall–Kier alpha value is -2.16. The third-order valence-electron chi connectivity index (χ3n) is 4.57. The topological polar surface area (TPSA) is 67.2 Å². The molecular formula is C19H19NO3S. The maximum atomic E-state index is 13.1. The van der Waals surface area contributed by atoms with Gasteiger partial charge >= 0.3 is 0 Å². The van der Waals surface area contributed by atoms with Gasteiger partial charge in [0, 0.05) is 12.5 Å². The minimum absolute atomic E-state index is 0.121. The summed E-state index contributed by atoms with van der Waals surface area (Å²) in [5.74, 6) is -0.375. The van der Waals surface area contributed by atoms with E-state index in [1.54, 1.807) is 30.3 Å². The first-order valence-electron chi connectivity index (χ1n) is 7.91. The molecule has 1 saturated carbocycles. The van der Waals surface area contributed by atoms with E-state index >= 15 is 0 Å². The summed E-state index contributed by atoms with van der Waals surface area (Å²) in [4.78, 5) is 0.254. The van der Waals surface area contributed by atoms with Crippen molar-refractivity contribution in [2.75, 3.05) is 13.2 Å². The highest BCUT2D eigenvalue weighted by Crippen LogP contribution is 2.63. The molecule has 0 radical (unpaired) electrons. The zero-order valence-electron chi connectivity index (χ0n) is 13.4. The van der Waals surface area contributed by atoms with Gasteiger partial charge in [0.15, 0.2) is 9.84 Å². The Morgan fingerprint density at radius 2 is 1.67 bits per heavy atom. The van der Waals surface area contributed by atoms with E-state index < -0.39 is 20.5 Å². The number of rotatable bonds is 6. The molecular weight excluding hydrogens is 322 g/mol.